The maximum Gasteiger partial charge on any atom is 0.288 e. The van der Waals surface area contributed by atoms with Crippen molar-refractivity contribution in [3.05, 3.63) is 39.8 Å². The fraction of sp³-hybridized carbons (Fsp3) is 0.500. The van der Waals surface area contributed by atoms with E-state index in [0.29, 0.717) is 37.7 Å². The highest BCUT2D eigenvalue weighted by molar-refractivity contribution is 5.93. The summed E-state index contributed by atoms with van der Waals surface area (Å²) in [4.78, 5) is 34.7. The summed E-state index contributed by atoms with van der Waals surface area (Å²) in [5, 5.41) is 4.02. The lowest BCUT2D eigenvalue weighted by molar-refractivity contribution is 0.0746. The molecule has 2 aromatic heterocycles. The van der Waals surface area contributed by atoms with Crippen molar-refractivity contribution in [1.29, 1.82) is 0 Å². The summed E-state index contributed by atoms with van der Waals surface area (Å²) in [7, 11) is 1.77. The van der Waals surface area contributed by atoms with Crippen molar-refractivity contribution in [3.8, 4) is 0 Å². The number of hydrogen-bond donors (Lipinski definition) is 1. The van der Waals surface area contributed by atoms with Gasteiger partial charge >= 0.3 is 0 Å². The van der Waals surface area contributed by atoms with Crippen LogP contribution in [0.1, 0.15) is 34.8 Å². The van der Waals surface area contributed by atoms with Crippen LogP contribution in [0, 0.1) is 5.82 Å². The van der Waals surface area contributed by atoms with E-state index in [9.17, 15) is 14.0 Å². The van der Waals surface area contributed by atoms with E-state index in [1.807, 2.05) is 4.90 Å². The number of halogens is 1. The topological polar surface area (TPSA) is 87.1 Å². The van der Waals surface area contributed by atoms with Crippen LogP contribution in [-0.2, 0) is 7.05 Å². The quantitative estimate of drug-likeness (QED) is 0.874. The molecule has 0 spiro atoms. The lowest BCUT2D eigenvalue weighted by Crippen LogP contribution is -2.49. The van der Waals surface area contributed by atoms with Crippen molar-refractivity contribution < 1.29 is 9.18 Å². The second-order valence-corrected chi connectivity index (χ2v) is 6.54. The normalized spacial score (nSPS) is 17.8. The van der Waals surface area contributed by atoms with E-state index in [-0.39, 0.29) is 17.5 Å². The number of amides is 1. The summed E-state index contributed by atoms with van der Waals surface area (Å²) in [5.41, 5.74) is 0.105. The zero-order chi connectivity index (χ0) is 17.6. The molecule has 25 heavy (non-hydrogen) atoms. The molecule has 2 fully saturated rings. The third-order valence-corrected chi connectivity index (χ3v) is 4.66. The Kier molecular flexibility index (Phi) is 3.78. The molecule has 0 atom stereocenters. The van der Waals surface area contributed by atoms with E-state index in [1.165, 1.54) is 0 Å². The van der Waals surface area contributed by atoms with E-state index in [0.717, 1.165) is 12.8 Å². The number of carbonyl (C=O) groups is 1. The van der Waals surface area contributed by atoms with Gasteiger partial charge < -0.3 is 9.80 Å². The zero-order valence-corrected chi connectivity index (χ0v) is 13.9. The Bertz CT molecular complexity index is 864. The fourth-order valence-electron chi connectivity index (χ4n) is 3.08. The van der Waals surface area contributed by atoms with Gasteiger partial charge in [-0.1, -0.05) is 0 Å². The Balaban J connectivity index is 1.47. The molecular weight excluding hydrogens is 327 g/mol. The summed E-state index contributed by atoms with van der Waals surface area (Å²) in [6.45, 7) is 2.08. The summed E-state index contributed by atoms with van der Waals surface area (Å²) >= 11 is 0. The van der Waals surface area contributed by atoms with E-state index in [2.05, 4.69) is 15.1 Å². The first kappa shape index (κ1) is 15.8. The molecule has 0 unspecified atom stereocenters. The van der Waals surface area contributed by atoms with Gasteiger partial charge in [-0.05, 0) is 12.8 Å². The molecule has 1 saturated carbocycles. The summed E-state index contributed by atoms with van der Waals surface area (Å²) < 4.78 is 15.5. The predicted molar refractivity (Wildman–Crippen MR) is 88.1 cm³/mol. The summed E-state index contributed by atoms with van der Waals surface area (Å²) in [6.07, 6.45) is 4.99. The molecular formula is C16H19FN6O2. The standard InChI is InChI=1S/C16H19FN6O2/c1-21-9-11(8-18-21)15(25)22-4-6-23(7-5-22)16-19-13(10-2-3-10)12(17)14(24)20-16/h8-10H,2-7H2,1H3,(H,19,20,24). The Morgan fingerprint density at radius 2 is 2.00 bits per heavy atom. The lowest BCUT2D eigenvalue weighted by Gasteiger charge is -2.34. The van der Waals surface area contributed by atoms with Crippen LogP contribution in [-0.4, -0.2) is 56.7 Å². The molecule has 0 aromatic carbocycles. The third-order valence-electron chi connectivity index (χ3n) is 4.66. The Hall–Kier alpha value is -2.71. The fourth-order valence-corrected chi connectivity index (χ4v) is 3.08. The first-order valence-electron chi connectivity index (χ1n) is 8.35. The number of H-pyrrole nitrogens is 1. The number of aryl methyl sites for hydroxylation is 1. The minimum Gasteiger partial charge on any atom is -0.339 e. The largest absolute Gasteiger partial charge is 0.339 e. The van der Waals surface area contributed by atoms with Crippen LogP contribution in [0.2, 0.25) is 0 Å². The molecule has 2 aromatic rings. The van der Waals surface area contributed by atoms with Gasteiger partial charge in [0, 0.05) is 45.3 Å². The Morgan fingerprint density at radius 1 is 1.28 bits per heavy atom. The smallest absolute Gasteiger partial charge is 0.288 e. The van der Waals surface area contributed by atoms with E-state index < -0.39 is 11.4 Å². The number of hydrogen-bond acceptors (Lipinski definition) is 5. The Labute approximate surface area is 143 Å². The van der Waals surface area contributed by atoms with Gasteiger partial charge in [-0.3, -0.25) is 19.3 Å². The van der Waals surface area contributed by atoms with Crippen molar-refractivity contribution >= 4 is 11.9 Å². The van der Waals surface area contributed by atoms with Crippen LogP contribution in [0.15, 0.2) is 17.2 Å². The van der Waals surface area contributed by atoms with Gasteiger partial charge in [-0.2, -0.15) is 9.49 Å². The van der Waals surface area contributed by atoms with Crippen LogP contribution >= 0.6 is 0 Å². The molecule has 0 radical (unpaired) electrons. The molecule has 1 amide bonds. The van der Waals surface area contributed by atoms with Gasteiger partial charge in [-0.15, -0.1) is 0 Å². The number of aromatic amines is 1. The van der Waals surface area contributed by atoms with Crippen molar-refractivity contribution in [1.82, 2.24) is 24.6 Å². The summed E-state index contributed by atoms with van der Waals surface area (Å²) in [6, 6.07) is 0. The molecule has 9 heteroatoms. The molecule has 2 aliphatic rings. The average molecular weight is 346 g/mol. The zero-order valence-electron chi connectivity index (χ0n) is 13.9. The molecule has 0 bridgehead atoms. The highest BCUT2D eigenvalue weighted by atomic mass is 19.1. The highest BCUT2D eigenvalue weighted by Gasteiger charge is 2.31. The van der Waals surface area contributed by atoms with Gasteiger partial charge in [0.25, 0.3) is 11.5 Å². The SMILES string of the molecule is Cn1cc(C(=O)N2CCN(c3nc(C4CC4)c(F)c(=O)[nH]3)CC2)cn1. The number of aromatic nitrogens is 4. The predicted octanol–water partition coefficient (Wildman–Crippen LogP) is 0.482. The first-order valence-corrected chi connectivity index (χ1v) is 8.35. The number of piperazine rings is 1. The molecule has 1 aliphatic carbocycles. The number of rotatable bonds is 3. The Morgan fingerprint density at radius 3 is 2.60 bits per heavy atom. The highest BCUT2D eigenvalue weighted by Crippen LogP contribution is 2.39. The van der Waals surface area contributed by atoms with Crippen molar-refractivity contribution in [2.45, 2.75) is 18.8 Å². The minimum atomic E-state index is -0.767. The van der Waals surface area contributed by atoms with Crippen molar-refractivity contribution in [3.63, 3.8) is 0 Å². The third kappa shape index (κ3) is 3.01. The number of nitrogens with zero attached hydrogens (tertiary/aromatic N) is 5. The average Bonchev–Trinajstić information content (AvgIpc) is 3.37. The minimum absolute atomic E-state index is 0.0630. The van der Waals surface area contributed by atoms with Crippen molar-refractivity contribution in [2.24, 2.45) is 7.05 Å². The first-order chi connectivity index (χ1) is 12.0. The number of anilines is 1. The van der Waals surface area contributed by atoms with Crippen LogP contribution in [0.25, 0.3) is 0 Å². The van der Waals surface area contributed by atoms with E-state index in [1.54, 1.807) is 29.0 Å². The van der Waals surface area contributed by atoms with E-state index >= 15 is 0 Å². The van der Waals surface area contributed by atoms with Gasteiger partial charge in [0.2, 0.25) is 11.8 Å². The van der Waals surface area contributed by atoms with Gasteiger partial charge in [-0.25, -0.2) is 4.98 Å². The molecule has 1 saturated heterocycles. The van der Waals surface area contributed by atoms with Crippen LogP contribution in [0.3, 0.4) is 0 Å². The molecule has 1 N–H and O–H groups in total. The van der Waals surface area contributed by atoms with E-state index in [4.69, 9.17) is 0 Å². The lowest BCUT2D eigenvalue weighted by atomic mass is 10.2. The molecule has 4 rings (SSSR count). The van der Waals surface area contributed by atoms with Crippen LogP contribution < -0.4 is 10.5 Å². The molecule has 3 heterocycles. The number of nitrogens with one attached hydrogen (secondary N) is 1. The second kappa shape index (κ2) is 5.98. The second-order valence-electron chi connectivity index (χ2n) is 6.54. The molecule has 1 aliphatic heterocycles. The molecule has 8 nitrogen and oxygen atoms in total. The monoisotopic (exact) mass is 346 g/mol. The number of carbonyl (C=O) groups excluding carboxylic acids is 1. The summed E-state index contributed by atoms with van der Waals surface area (Å²) in [5.74, 6) is -0.375. The van der Waals surface area contributed by atoms with Crippen molar-refractivity contribution in [2.75, 3.05) is 31.1 Å². The van der Waals surface area contributed by atoms with Gasteiger partial charge in [0.15, 0.2) is 0 Å². The maximum atomic E-state index is 13.9. The maximum absolute atomic E-state index is 13.9. The van der Waals surface area contributed by atoms with Gasteiger partial charge in [0.05, 0.1) is 17.5 Å². The van der Waals surface area contributed by atoms with Crippen LogP contribution in [0.5, 0.6) is 0 Å². The van der Waals surface area contributed by atoms with Gasteiger partial charge in [0.1, 0.15) is 0 Å². The molecule has 132 valence electrons. The van der Waals surface area contributed by atoms with Crippen LogP contribution in [0.4, 0.5) is 10.3 Å².